The van der Waals surface area contributed by atoms with Crippen LogP contribution in [0.1, 0.15) is 25.3 Å². The Labute approximate surface area is 206 Å². The molecule has 0 unspecified atom stereocenters. The minimum absolute atomic E-state index is 0.0667. The lowest BCUT2D eigenvalue weighted by Gasteiger charge is -2.39. The number of aliphatic hydroxyl groups excluding tert-OH is 1. The number of rotatable bonds is 8. The summed E-state index contributed by atoms with van der Waals surface area (Å²) < 4.78 is 58.7. The van der Waals surface area contributed by atoms with Crippen LogP contribution in [0.25, 0.3) is 0 Å². The molecule has 2 aromatic carbocycles. The molecule has 2 aliphatic heterocycles. The molecular formula is C25H29F4N3O4. The van der Waals surface area contributed by atoms with Gasteiger partial charge >= 0.3 is 12.6 Å². The predicted molar refractivity (Wildman–Crippen MR) is 125 cm³/mol. The molecule has 4 rings (SSSR count). The predicted octanol–water partition coefficient (Wildman–Crippen LogP) is 3.97. The van der Waals surface area contributed by atoms with Crippen molar-refractivity contribution in [2.24, 2.45) is 5.92 Å². The fourth-order valence-electron chi connectivity index (χ4n) is 4.82. The Morgan fingerprint density at radius 1 is 1.11 bits per heavy atom. The molecule has 196 valence electrons. The fraction of sp³-hybridized carbons (Fsp3) is 0.480. The molecule has 2 aromatic rings. The van der Waals surface area contributed by atoms with E-state index in [4.69, 9.17) is 4.74 Å². The van der Waals surface area contributed by atoms with E-state index in [1.165, 1.54) is 17.0 Å². The molecule has 2 fully saturated rings. The Kier molecular flexibility index (Phi) is 7.72. The summed E-state index contributed by atoms with van der Waals surface area (Å²) in [5.41, 5.74) is -0.514. The molecule has 36 heavy (non-hydrogen) atoms. The van der Waals surface area contributed by atoms with E-state index in [1.807, 2.05) is 4.90 Å². The van der Waals surface area contributed by atoms with Crippen molar-refractivity contribution in [1.29, 1.82) is 0 Å². The van der Waals surface area contributed by atoms with Gasteiger partial charge in [0.05, 0.1) is 17.9 Å². The minimum Gasteiger partial charge on any atom is -0.434 e. The maximum absolute atomic E-state index is 14.2. The number of carbonyl (C=O) groups excluding carboxylic acids is 1. The summed E-state index contributed by atoms with van der Waals surface area (Å²) in [7, 11) is 0. The Morgan fingerprint density at radius 3 is 2.56 bits per heavy atom. The molecule has 0 aromatic heterocycles. The van der Waals surface area contributed by atoms with Crippen molar-refractivity contribution >= 4 is 17.4 Å². The number of carbonyl (C=O) groups is 1. The van der Waals surface area contributed by atoms with Crippen LogP contribution in [0.4, 0.5) is 33.7 Å². The van der Waals surface area contributed by atoms with Gasteiger partial charge in [0.25, 0.3) is 0 Å². The monoisotopic (exact) mass is 511 g/mol. The zero-order chi connectivity index (χ0) is 26.0. The second-order valence-corrected chi connectivity index (χ2v) is 9.44. The number of likely N-dealkylation sites (tertiary alicyclic amines) is 1. The number of nitrogens with zero attached hydrogens (tertiary/aromatic N) is 3. The molecule has 0 spiro atoms. The van der Waals surface area contributed by atoms with Crippen LogP contribution in [0.3, 0.4) is 0 Å². The molecule has 0 saturated carbocycles. The van der Waals surface area contributed by atoms with Gasteiger partial charge in [0, 0.05) is 55.5 Å². The van der Waals surface area contributed by atoms with Crippen LogP contribution in [-0.4, -0.2) is 66.1 Å². The molecule has 2 heterocycles. The highest BCUT2D eigenvalue weighted by Gasteiger charge is 2.35. The van der Waals surface area contributed by atoms with Crippen LogP contribution < -0.4 is 14.5 Å². The summed E-state index contributed by atoms with van der Waals surface area (Å²) in [4.78, 5) is 17.5. The number of hydrogen-bond donors (Lipinski definition) is 2. The molecule has 0 aliphatic carbocycles. The molecule has 0 bridgehead atoms. The molecule has 2 atom stereocenters. The lowest BCUT2D eigenvalue weighted by molar-refractivity contribution is -0.0702. The molecule has 7 nitrogen and oxygen atoms in total. The van der Waals surface area contributed by atoms with Crippen molar-refractivity contribution in [2.75, 3.05) is 42.6 Å². The quantitative estimate of drug-likeness (QED) is 0.525. The van der Waals surface area contributed by atoms with Crippen LogP contribution in [0.15, 0.2) is 36.4 Å². The average Bonchev–Trinajstić information content (AvgIpc) is 3.21. The summed E-state index contributed by atoms with van der Waals surface area (Å²) in [6.07, 6.45) is 1.52. The van der Waals surface area contributed by atoms with Gasteiger partial charge in [0.15, 0.2) is 0 Å². The number of anilines is 2. The van der Waals surface area contributed by atoms with Crippen molar-refractivity contribution < 1.29 is 37.3 Å². The molecule has 2 saturated heterocycles. The smallest absolute Gasteiger partial charge is 0.387 e. The molecule has 0 radical (unpaired) electrons. The summed E-state index contributed by atoms with van der Waals surface area (Å²) in [6.45, 7) is -0.119. The molecule has 2 aliphatic rings. The van der Waals surface area contributed by atoms with Crippen molar-refractivity contribution in [3.05, 3.63) is 53.6 Å². The van der Waals surface area contributed by atoms with Gasteiger partial charge in [-0.3, -0.25) is 14.7 Å². The first kappa shape index (κ1) is 26.2. The van der Waals surface area contributed by atoms with Crippen molar-refractivity contribution in [3.8, 4) is 5.75 Å². The van der Waals surface area contributed by atoms with Gasteiger partial charge in [-0.25, -0.2) is 13.6 Å². The van der Waals surface area contributed by atoms with Crippen LogP contribution in [-0.2, 0) is 6.54 Å². The lowest BCUT2D eigenvalue weighted by Crippen LogP contribution is -2.47. The average molecular weight is 512 g/mol. The Morgan fingerprint density at radius 2 is 1.86 bits per heavy atom. The number of urea groups is 1. The summed E-state index contributed by atoms with van der Waals surface area (Å²) in [5, 5.41) is 19.9. The van der Waals surface area contributed by atoms with E-state index in [2.05, 4.69) is 0 Å². The maximum atomic E-state index is 14.2. The first-order valence-corrected chi connectivity index (χ1v) is 11.8. The van der Waals surface area contributed by atoms with Crippen LogP contribution in [0.2, 0.25) is 0 Å². The van der Waals surface area contributed by atoms with Crippen molar-refractivity contribution in [2.45, 2.75) is 38.5 Å². The third-order valence-electron chi connectivity index (χ3n) is 6.89. The summed E-state index contributed by atoms with van der Waals surface area (Å²) in [5.74, 6) is -1.89. The number of aliphatic hydroxyl groups is 2. The molecule has 11 heteroatoms. The highest BCUT2D eigenvalue weighted by atomic mass is 19.3. The van der Waals surface area contributed by atoms with Gasteiger partial charge in [-0.2, -0.15) is 8.78 Å². The summed E-state index contributed by atoms with van der Waals surface area (Å²) in [6, 6.07) is 6.94. The Hall–Kier alpha value is -2.89. The second-order valence-electron chi connectivity index (χ2n) is 9.44. The lowest BCUT2D eigenvalue weighted by atomic mass is 9.83. The van der Waals surface area contributed by atoms with Crippen molar-refractivity contribution in [3.63, 3.8) is 0 Å². The highest BCUT2D eigenvalue weighted by molar-refractivity contribution is 6.06. The third-order valence-corrected chi connectivity index (χ3v) is 6.89. The van der Waals surface area contributed by atoms with Gasteiger partial charge in [-0.05, 0) is 44.5 Å². The Bertz CT molecular complexity index is 1100. The van der Waals surface area contributed by atoms with E-state index >= 15 is 0 Å². The Balaban J connectivity index is 1.54. The molecular weight excluding hydrogens is 482 g/mol. The SMILES string of the molecule is C[C@@](O)(CO)[C@H]1CCCN(Cc2ccc(N3CCN(c4ccc(F)cc4F)C3=O)cc2OC(F)F)C1. The number of amides is 2. The summed E-state index contributed by atoms with van der Waals surface area (Å²) >= 11 is 0. The van der Waals surface area contributed by atoms with E-state index in [0.717, 1.165) is 23.8 Å². The van der Waals surface area contributed by atoms with Crippen LogP contribution in [0, 0.1) is 17.6 Å². The number of piperidine rings is 1. The van der Waals surface area contributed by atoms with Gasteiger partial charge in [-0.15, -0.1) is 0 Å². The normalized spacial score (nSPS) is 20.8. The minimum atomic E-state index is -3.08. The topological polar surface area (TPSA) is 76.5 Å². The number of benzene rings is 2. The van der Waals surface area contributed by atoms with Crippen LogP contribution in [0.5, 0.6) is 5.75 Å². The molecule has 2 amide bonds. The number of alkyl halides is 2. The standard InChI is InChI=1S/C25H29F4N3O4/c1-25(35,15-33)17-3-2-8-30(14-17)13-16-4-6-19(12-22(16)36-23(28)29)31-9-10-32(24(31)34)21-7-5-18(26)11-20(21)27/h4-7,11-12,17,23,33,35H,2-3,8-10,13-15H2,1H3/t17-,25+/m0/s1. The van der Waals surface area contributed by atoms with E-state index in [9.17, 15) is 32.6 Å². The number of ether oxygens (including phenoxy) is 1. The van der Waals surface area contributed by atoms with E-state index in [0.29, 0.717) is 30.4 Å². The van der Waals surface area contributed by atoms with E-state index < -0.39 is 29.9 Å². The van der Waals surface area contributed by atoms with Gasteiger partial charge in [0.2, 0.25) is 0 Å². The molecule has 2 N–H and O–H groups in total. The zero-order valence-electron chi connectivity index (χ0n) is 19.8. The first-order chi connectivity index (χ1) is 17.1. The van der Waals surface area contributed by atoms with Gasteiger partial charge < -0.3 is 14.9 Å². The number of halogens is 4. The van der Waals surface area contributed by atoms with Crippen LogP contribution >= 0.6 is 0 Å². The van der Waals surface area contributed by atoms with E-state index in [1.54, 1.807) is 19.1 Å². The third kappa shape index (κ3) is 5.58. The maximum Gasteiger partial charge on any atom is 0.387 e. The zero-order valence-corrected chi connectivity index (χ0v) is 19.8. The van der Waals surface area contributed by atoms with Crippen molar-refractivity contribution in [1.82, 2.24) is 4.90 Å². The number of hydrogen-bond acceptors (Lipinski definition) is 5. The van der Waals surface area contributed by atoms with Gasteiger partial charge in [0.1, 0.15) is 17.4 Å². The first-order valence-electron chi connectivity index (χ1n) is 11.8. The second kappa shape index (κ2) is 10.6. The fourth-order valence-corrected chi connectivity index (χ4v) is 4.82. The highest BCUT2D eigenvalue weighted by Crippen LogP contribution is 2.34. The van der Waals surface area contributed by atoms with E-state index in [-0.39, 0.29) is 43.6 Å². The van der Waals surface area contributed by atoms with Gasteiger partial charge in [-0.1, -0.05) is 6.07 Å². The largest absolute Gasteiger partial charge is 0.434 e.